The van der Waals surface area contributed by atoms with Gasteiger partial charge >= 0.3 is 0 Å². The molecule has 0 saturated carbocycles. The maximum Gasteiger partial charge on any atom is 0.0434 e. The molecule has 1 rings (SSSR count). The lowest BCUT2D eigenvalue weighted by molar-refractivity contribution is 0.145. The maximum atomic E-state index is 5.94. The standard InChI is InChI=1S/C10H18Cl2N2/c1-8(13)10-4-2-3-5-14(10)7-9(12)6-11/h6,8,10H,2-5,7,13H2,1H3/b9-6-. The molecule has 0 radical (unpaired) electrons. The van der Waals surface area contributed by atoms with Crippen molar-refractivity contribution in [3.8, 4) is 0 Å². The van der Waals surface area contributed by atoms with Crippen LogP contribution in [0.2, 0.25) is 0 Å². The summed E-state index contributed by atoms with van der Waals surface area (Å²) in [4.78, 5) is 2.33. The molecule has 14 heavy (non-hydrogen) atoms. The molecule has 1 aliphatic heterocycles. The van der Waals surface area contributed by atoms with E-state index in [9.17, 15) is 0 Å². The number of hydrogen-bond acceptors (Lipinski definition) is 2. The van der Waals surface area contributed by atoms with Gasteiger partial charge in [-0.3, -0.25) is 4.90 Å². The fourth-order valence-electron chi connectivity index (χ4n) is 2.04. The average Bonchev–Trinajstić information content (AvgIpc) is 2.18. The SMILES string of the molecule is CC(N)C1CCCCN1C/C(Cl)=C/Cl. The number of rotatable bonds is 3. The molecule has 1 aliphatic rings. The lowest BCUT2D eigenvalue weighted by Gasteiger charge is -2.37. The highest BCUT2D eigenvalue weighted by atomic mass is 35.5. The van der Waals surface area contributed by atoms with Gasteiger partial charge in [0.25, 0.3) is 0 Å². The largest absolute Gasteiger partial charge is 0.327 e. The maximum absolute atomic E-state index is 5.94. The quantitative estimate of drug-likeness (QED) is 0.817. The van der Waals surface area contributed by atoms with Gasteiger partial charge in [0.2, 0.25) is 0 Å². The predicted molar refractivity (Wildman–Crippen MR) is 62.7 cm³/mol. The molecule has 1 heterocycles. The van der Waals surface area contributed by atoms with Crippen LogP contribution in [0.3, 0.4) is 0 Å². The molecule has 0 aliphatic carbocycles. The molecule has 0 aromatic rings. The average molecular weight is 237 g/mol. The van der Waals surface area contributed by atoms with Crippen LogP contribution in [-0.4, -0.2) is 30.1 Å². The Morgan fingerprint density at radius 1 is 1.64 bits per heavy atom. The van der Waals surface area contributed by atoms with Crippen LogP contribution >= 0.6 is 23.2 Å². The second-order valence-electron chi connectivity index (χ2n) is 3.95. The number of halogens is 2. The van der Waals surface area contributed by atoms with Crippen LogP contribution in [0.4, 0.5) is 0 Å². The van der Waals surface area contributed by atoms with Crippen molar-refractivity contribution in [2.75, 3.05) is 13.1 Å². The molecule has 2 atom stereocenters. The van der Waals surface area contributed by atoms with Crippen molar-refractivity contribution in [1.29, 1.82) is 0 Å². The third kappa shape index (κ3) is 3.43. The molecule has 4 heteroatoms. The highest BCUT2D eigenvalue weighted by Gasteiger charge is 2.25. The van der Waals surface area contributed by atoms with Gasteiger partial charge in [-0.15, -0.1) is 0 Å². The van der Waals surface area contributed by atoms with E-state index in [4.69, 9.17) is 28.9 Å². The van der Waals surface area contributed by atoms with Gasteiger partial charge in [-0.05, 0) is 26.3 Å². The molecular formula is C10H18Cl2N2. The van der Waals surface area contributed by atoms with Crippen LogP contribution in [0.15, 0.2) is 10.6 Å². The van der Waals surface area contributed by atoms with Gasteiger partial charge in [0.05, 0.1) is 0 Å². The Hall–Kier alpha value is 0.240. The van der Waals surface area contributed by atoms with E-state index in [1.54, 1.807) is 0 Å². The number of nitrogens with two attached hydrogens (primary N) is 1. The van der Waals surface area contributed by atoms with Crippen LogP contribution in [-0.2, 0) is 0 Å². The summed E-state index contributed by atoms with van der Waals surface area (Å²) in [7, 11) is 0. The second-order valence-corrected chi connectivity index (χ2v) is 4.65. The van der Waals surface area contributed by atoms with Crippen LogP contribution in [0.1, 0.15) is 26.2 Å². The van der Waals surface area contributed by atoms with Crippen LogP contribution in [0.5, 0.6) is 0 Å². The van der Waals surface area contributed by atoms with Crippen molar-refractivity contribution < 1.29 is 0 Å². The van der Waals surface area contributed by atoms with E-state index in [-0.39, 0.29) is 6.04 Å². The Labute approximate surface area is 96.0 Å². The Kier molecular flexibility index (Phi) is 5.24. The highest BCUT2D eigenvalue weighted by molar-refractivity contribution is 6.36. The number of likely N-dealkylation sites (tertiary alicyclic amines) is 1. The first-order valence-corrected chi connectivity index (χ1v) is 5.91. The molecule has 1 saturated heterocycles. The molecule has 2 N–H and O–H groups in total. The van der Waals surface area contributed by atoms with Gasteiger partial charge in [0.1, 0.15) is 0 Å². The first kappa shape index (κ1) is 12.3. The zero-order valence-corrected chi connectivity index (χ0v) is 10.1. The van der Waals surface area contributed by atoms with Crippen molar-refractivity contribution in [3.05, 3.63) is 10.6 Å². The molecule has 82 valence electrons. The van der Waals surface area contributed by atoms with Gasteiger partial charge in [-0.1, -0.05) is 29.6 Å². The Bertz CT molecular complexity index is 204. The third-order valence-corrected chi connectivity index (χ3v) is 3.35. The van der Waals surface area contributed by atoms with E-state index < -0.39 is 0 Å². The summed E-state index contributed by atoms with van der Waals surface area (Å²) < 4.78 is 0. The molecule has 0 aromatic carbocycles. The van der Waals surface area contributed by atoms with E-state index in [2.05, 4.69) is 11.8 Å². The van der Waals surface area contributed by atoms with E-state index in [0.29, 0.717) is 11.1 Å². The molecule has 0 aromatic heterocycles. The van der Waals surface area contributed by atoms with E-state index in [1.807, 2.05) is 0 Å². The van der Waals surface area contributed by atoms with Gasteiger partial charge < -0.3 is 5.73 Å². The summed E-state index contributed by atoms with van der Waals surface area (Å²) in [5.74, 6) is 0. The minimum atomic E-state index is 0.204. The smallest absolute Gasteiger partial charge is 0.0434 e. The van der Waals surface area contributed by atoms with Crippen LogP contribution in [0, 0.1) is 0 Å². The Balaban J connectivity index is 2.54. The first-order chi connectivity index (χ1) is 6.65. The summed E-state index contributed by atoms with van der Waals surface area (Å²) in [6.07, 6.45) is 3.67. The lowest BCUT2D eigenvalue weighted by Crippen LogP contribution is -2.49. The summed E-state index contributed by atoms with van der Waals surface area (Å²) in [6.45, 7) is 3.87. The third-order valence-electron chi connectivity index (χ3n) is 2.74. The Morgan fingerprint density at radius 2 is 2.36 bits per heavy atom. The minimum absolute atomic E-state index is 0.204. The van der Waals surface area contributed by atoms with E-state index >= 15 is 0 Å². The summed E-state index contributed by atoms with van der Waals surface area (Å²) in [5.41, 5.74) is 7.38. The fraction of sp³-hybridized carbons (Fsp3) is 0.800. The van der Waals surface area contributed by atoms with Crippen molar-refractivity contribution in [3.63, 3.8) is 0 Å². The van der Waals surface area contributed by atoms with Gasteiger partial charge in [0, 0.05) is 29.2 Å². The Morgan fingerprint density at radius 3 is 2.93 bits per heavy atom. The van der Waals surface area contributed by atoms with Crippen molar-refractivity contribution in [2.45, 2.75) is 38.3 Å². The molecule has 0 amide bonds. The van der Waals surface area contributed by atoms with Crippen molar-refractivity contribution >= 4 is 23.2 Å². The molecular weight excluding hydrogens is 219 g/mol. The van der Waals surface area contributed by atoms with Gasteiger partial charge in [-0.2, -0.15) is 0 Å². The van der Waals surface area contributed by atoms with E-state index in [1.165, 1.54) is 24.8 Å². The highest BCUT2D eigenvalue weighted by Crippen LogP contribution is 2.21. The molecule has 1 fully saturated rings. The van der Waals surface area contributed by atoms with Crippen LogP contribution in [0.25, 0.3) is 0 Å². The molecule has 0 spiro atoms. The number of nitrogens with zero attached hydrogens (tertiary/aromatic N) is 1. The minimum Gasteiger partial charge on any atom is -0.327 e. The van der Waals surface area contributed by atoms with E-state index in [0.717, 1.165) is 13.1 Å². The number of piperidine rings is 1. The predicted octanol–water partition coefficient (Wildman–Crippen LogP) is 2.51. The number of hydrogen-bond donors (Lipinski definition) is 1. The summed E-state index contributed by atoms with van der Waals surface area (Å²) in [6, 6.07) is 0.657. The second kappa shape index (κ2) is 5.96. The van der Waals surface area contributed by atoms with Crippen molar-refractivity contribution in [2.24, 2.45) is 5.73 Å². The monoisotopic (exact) mass is 236 g/mol. The fourth-order valence-corrected chi connectivity index (χ4v) is 2.26. The van der Waals surface area contributed by atoms with Crippen molar-refractivity contribution in [1.82, 2.24) is 4.90 Å². The lowest BCUT2D eigenvalue weighted by atomic mass is 9.97. The molecule has 2 unspecified atom stereocenters. The zero-order valence-electron chi connectivity index (χ0n) is 8.55. The first-order valence-electron chi connectivity index (χ1n) is 5.09. The van der Waals surface area contributed by atoms with Crippen LogP contribution < -0.4 is 5.73 Å². The zero-order chi connectivity index (χ0) is 10.6. The van der Waals surface area contributed by atoms with Gasteiger partial charge in [-0.25, -0.2) is 0 Å². The summed E-state index contributed by atoms with van der Waals surface area (Å²) in [5, 5.41) is 0.694. The summed E-state index contributed by atoms with van der Waals surface area (Å²) >= 11 is 11.5. The van der Waals surface area contributed by atoms with Gasteiger partial charge in [0.15, 0.2) is 0 Å². The normalized spacial score (nSPS) is 27.7. The molecule has 2 nitrogen and oxygen atoms in total. The topological polar surface area (TPSA) is 29.3 Å². The molecule has 0 bridgehead atoms.